The largest absolute Gasteiger partial charge is 0.308 e. The fourth-order valence-electron chi connectivity index (χ4n) is 1.87. The first-order valence-corrected chi connectivity index (χ1v) is 8.50. The summed E-state index contributed by atoms with van der Waals surface area (Å²) in [6.07, 6.45) is 0. The highest BCUT2D eigenvalue weighted by molar-refractivity contribution is 7.98. The van der Waals surface area contributed by atoms with Gasteiger partial charge >= 0.3 is 0 Å². The second-order valence-electron chi connectivity index (χ2n) is 6.80. The molecule has 3 nitrogen and oxygen atoms in total. The predicted octanol–water partition coefficient (Wildman–Crippen LogP) is 3.87. The van der Waals surface area contributed by atoms with Gasteiger partial charge in [-0.25, -0.2) is 9.97 Å². The van der Waals surface area contributed by atoms with Crippen LogP contribution in [0.5, 0.6) is 0 Å². The van der Waals surface area contributed by atoms with E-state index < -0.39 is 0 Å². The lowest BCUT2D eigenvalue weighted by Crippen LogP contribution is -2.35. The monoisotopic (exact) mass is 295 g/mol. The minimum atomic E-state index is 0.116. The number of hydrogen-bond donors (Lipinski definition) is 1. The average Bonchev–Trinajstić information content (AvgIpc) is 2.25. The van der Waals surface area contributed by atoms with Gasteiger partial charge in [0.1, 0.15) is 5.82 Å². The van der Waals surface area contributed by atoms with Crippen molar-refractivity contribution in [3.63, 3.8) is 0 Å². The van der Waals surface area contributed by atoms with E-state index >= 15 is 0 Å². The molecule has 20 heavy (non-hydrogen) atoms. The van der Waals surface area contributed by atoms with Gasteiger partial charge in [0.2, 0.25) is 0 Å². The van der Waals surface area contributed by atoms with Crippen molar-refractivity contribution in [2.45, 2.75) is 66.3 Å². The lowest BCUT2D eigenvalue weighted by Gasteiger charge is -2.22. The predicted molar refractivity (Wildman–Crippen MR) is 89.1 cm³/mol. The Labute approximate surface area is 128 Å². The first kappa shape index (κ1) is 17.4. The molecule has 0 bridgehead atoms. The molecule has 1 N–H and O–H groups in total. The average molecular weight is 295 g/mol. The van der Waals surface area contributed by atoms with Crippen LogP contribution in [0.2, 0.25) is 0 Å². The molecule has 1 aromatic heterocycles. The number of thioether (sulfide) groups is 1. The van der Waals surface area contributed by atoms with E-state index in [1.165, 1.54) is 5.56 Å². The topological polar surface area (TPSA) is 37.8 Å². The van der Waals surface area contributed by atoms with Gasteiger partial charge in [-0.05, 0) is 46.3 Å². The molecule has 1 rings (SSSR count). The van der Waals surface area contributed by atoms with Crippen LogP contribution in [0.3, 0.4) is 0 Å². The summed E-state index contributed by atoms with van der Waals surface area (Å²) < 4.78 is 0. The normalized spacial score (nSPS) is 12.2. The van der Waals surface area contributed by atoms with Crippen LogP contribution in [0.15, 0.2) is 0 Å². The number of aromatic nitrogens is 2. The molecular formula is C16H29N3S. The van der Waals surface area contributed by atoms with Crippen molar-refractivity contribution in [2.24, 2.45) is 5.92 Å². The number of rotatable bonds is 6. The van der Waals surface area contributed by atoms with Crippen LogP contribution >= 0.6 is 11.8 Å². The molecule has 0 atom stereocenters. The van der Waals surface area contributed by atoms with E-state index in [9.17, 15) is 0 Å². The van der Waals surface area contributed by atoms with Gasteiger partial charge in [0.25, 0.3) is 0 Å². The smallest absolute Gasteiger partial charge is 0.138 e. The van der Waals surface area contributed by atoms with Crippen LogP contribution in [-0.4, -0.2) is 21.3 Å². The molecule has 0 aliphatic rings. The van der Waals surface area contributed by atoms with Crippen molar-refractivity contribution in [3.8, 4) is 0 Å². The molecule has 0 fully saturated rings. The zero-order valence-electron chi connectivity index (χ0n) is 14.0. The summed E-state index contributed by atoms with van der Waals surface area (Å²) in [5.41, 5.74) is 3.56. The summed E-state index contributed by atoms with van der Waals surface area (Å²) in [6, 6.07) is 0. The van der Waals surface area contributed by atoms with Crippen LogP contribution < -0.4 is 5.32 Å². The van der Waals surface area contributed by atoms with Crippen molar-refractivity contribution in [2.75, 3.05) is 5.75 Å². The Balaban J connectivity index is 2.71. The lowest BCUT2D eigenvalue weighted by molar-refractivity contribution is 0.422. The maximum atomic E-state index is 4.66. The van der Waals surface area contributed by atoms with Crippen molar-refractivity contribution in [3.05, 3.63) is 22.8 Å². The Hall–Kier alpha value is -0.610. The lowest BCUT2D eigenvalue weighted by atomic mass is 10.1. The van der Waals surface area contributed by atoms with Gasteiger partial charge in [-0.1, -0.05) is 13.8 Å². The molecule has 0 aliphatic heterocycles. The second kappa shape index (κ2) is 7.41. The molecule has 0 radical (unpaired) electrons. The third kappa shape index (κ3) is 6.23. The highest BCUT2D eigenvalue weighted by Gasteiger charge is 2.13. The van der Waals surface area contributed by atoms with E-state index in [4.69, 9.17) is 0 Å². The Morgan fingerprint density at radius 2 is 1.65 bits per heavy atom. The van der Waals surface area contributed by atoms with Gasteiger partial charge in [0, 0.05) is 29.0 Å². The van der Waals surface area contributed by atoms with Gasteiger partial charge in [-0.3, -0.25) is 0 Å². The molecule has 0 aliphatic carbocycles. The zero-order chi connectivity index (χ0) is 15.3. The summed E-state index contributed by atoms with van der Waals surface area (Å²) in [7, 11) is 0. The maximum absolute atomic E-state index is 4.66. The van der Waals surface area contributed by atoms with Crippen LogP contribution in [0, 0.1) is 19.8 Å². The number of hydrogen-bond acceptors (Lipinski definition) is 4. The highest BCUT2D eigenvalue weighted by atomic mass is 32.2. The molecule has 1 aromatic rings. The highest BCUT2D eigenvalue weighted by Crippen LogP contribution is 2.16. The van der Waals surface area contributed by atoms with Gasteiger partial charge < -0.3 is 5.32 Å². The van der Waals surface area contributed by atoms with Crippen LogP contribution in [0.4, 0.5) is 0 Å². The minimum absolute atomic E-state index is 0.116. The summed E-state index contributed by atoms with van der Waals surface area (Å²) in [5.74, 6) is 3.75. The molecule has 1 heterocycles. The minimum Gasteiger partial charge on any atom is -0.308 e. The Bertz CT molecular complexity index is 413. The van der Waals surface area contributed by atoms with Crippen molar-refractivity contribution < 1.29 is 0 Å². The summed E-state index contributed by atoms with van der Waals surface area (Å²) in [6.45, 7) is 16.0. The van der Waals surface area contributed by atoms with Gasteiger partial charge in [-0.15, -0.1) is 0 Å². The Morgan fingerprint density at radius 3 is 2.10 bits per heavy atom. The van der Waals surface area contributed by atoms with Gasteiger partial charge in [0.05, 0.1) is 5.75 Å². The zero-order valence-corrected chi connectivity index (χ0v) is 14.8. The maximum Gasteiger partial charge on any atom is 0.138 e. The molecule has 0 saturated carbocycles. The summed E-state index contributed by atoms with van der Waals surface area (Å²) in [5, 5.41) is 3.51. The van der Waals surface area contributed by atoms with Crippen molar-refractivity contribution in [1.29, 1.82) is 0 Å². The Kier molecular flexibility index (Phi) is 6.46. The van der Waals surface area contributed by atoms with E-state index in [1.54, 1.807) is 0 Å². The molecule has 0 spiro atoms. The van der Waals surface area contributed by atoms with Crippen LogP contribution in [-0.2, 0) is 12.3 Å². The second-order valence-corrected chi connectivity index (χ2v) is 7.83. The number of aryl methyl sites for hydroxylation is 2. The number of nitrogens with zero attached hydrogens (tertiary/aromatic N) is 2. The van der Waals surface area contributed by atoms with E-state index in [2.05, 4.69) is 63.8 Å². The molecular weight excluding hydrogens is 266 g/mol. The third-order valence-corrected chi connectivity index (χ3v) is 4.31. The van der Waals surface area contributed by atoms with Crippen LogP contribution in [0.25, 0.3) is 0 Å². The molecule has 0 unspecified atom stereocenters. The first-order chi connectivity index (χ1) is 9.19. The van der Waals surface area contributed by atoms with E-state index in [0.717, 1.165) is 41.2 Å². The third-order valence-electron chi connectivity index (χ3n) is 2.94. The molecule has 0 amide bonds. The van der Waals surface area contributed by atoms with E-state index in [0.29, 0.717) is 0 Å². The molecule has 4 heteroatoms. The molecule has 114 valence electrons. The standard InChI is InChI=1S/C16H29N3S/c1-11(2)9-20-10-15-18-12(3)14(13(4)19-15)8-17-16(5,6)7/h11,17H,8-10H2,1-7H3. The van der Waals surface area contributed by atoms with Gasteiger partial charge in [0.15, 0.2) is 0 Å². The molecule has 0 aromatic carbocycles. The number of nitrogens with one attached hydrogen (secondary N) is 1. The quantitative estimate of drug-likeness (QED) is 0.864. The molecule has 0 saturated heterocycles. The fraction of sp³-hybridized carbons (Fsp3) is 0.750. The SMILES string of the molecule is Cc1nc(CSCC(C)C)nc(C)c1CNC(C)(C)C. The summed E-state index contributed by atoms with van der Waals surface area (Å²) >= 11 is 1.91. The van der Waals surface area contributed by atoms with Gasteiger partial charge in [-0.2, -0.15) is 11.8 Å². The Morgan fingerprint density at radius 1 is 1.10 bits per heavy atom. The van der Waals surface area contributed by atoms with Crippen molar-refractivity contribution in [1.82, 2.24) is 15.3 Å². The first-order valence-electron chi connectivity index (χ1n) is 7.35. The van der Waals surface area contributed by atoms with Crippen LogP contribution in [0.1, 0.15) is 57.4 Å². The fourth-order valence-corrected chi connectivity index (χ4v) is 2.77. The van der Waals surface area contributed by atoms with Crippen molar-refractivity contribution >= 4 is 11.8 Å². The van der Waals surface area contributed by atoms with E-state index in [-0.39, 0.29) is 5.54 Å². The van der Waals surface area contributed by atoms with E-state index in [1.807, 2.05) is 11.8 Å². The summed E-state index contributed by atoms with van der Waals surface area (Å²) in [4.78, 5) is 9.32.